The van der Waals surface area contributed by atoms with E-state index in [1.807, 2.05) is 12.1 Å². The van der Waals surface area contributed by atoms with E-state index in [0.717, 1.165) is 18.7 Å². The van der Waals surface area contributed by atoms with Crippen molar-refractivity contribution in [3.05, 3.63) is 53.0 Å². The topological polar surface area (TPSA) is 0 Å². The van der Waals surface area contributed by atoms with E-state index in [-0.39, 0.29) is 5.38 Å². The molecule has 6 heteroatoms. The van der Waals surface area contributed by atoms with Crippen molar-refractivity contribution < 1.29 is 0 Å². The van der Waals surface area contributed by atoms with Crippen molar-refractivity contribution in [1.82, 2.24) is 0 Å². The molecule has 0 N–H and O–H groups in total. The van der Waals surface area contributed by atoms with Gasteiger partial charge < -0.3 is 0 Å². The monoisotopic (exact) mass is 432 g/mol. The number of benzene rings is 1. The van der Waals surface area contributed by atoms with Crippen molar-refractivity contribution in [3.8, 4) is 0 Å². The molecule has 0 aliphatic carbocycles. The highest BCUT2D eigenvalue weighted by Crippen LogP contribution is 2.41. The summed E-state index contributed by atoms with van der Waals surface area (Å²) in [4.78, 5) is 0. The maximum absolute atomic E-state index is 6.43. The Bertz CT molecular complexity index is 554. The molecule has 1 aromatic heterocycles. The maximum atomic E-state index is 6.43. The molecule has 1 heterocycles. The highest BCUT2D eigenvalue weighted by molar-refractivity contribution is 9.12. The fourth-order valence-corrected chi connectivity index (χ4v) is 5.09. The van der Waals surface area contributed by atoms with E-state index >= 15 is 0 Å². The summed E-state index contributed by atoms with van der Waals surface area (Å²) in [6.45, 7) is 0. The zero-order chi connectivity index (χ0) is 12.6. The van der Waals surface area contributed by atoms with Crippen molar-refractivity contribution in [2.45, 2.75) is 5.38 Å². The first kappa shape index (κ1) is 14.2. The SMILES string of the molecule is Clc1ccc(C(Cl)c2cc(Br)sc2Br)cc1Cl. The van der Waals surface area contributed by atoms with Gasteiger partial charge in [0, 0.05) is 5.56 Å². The summed E-state index contributed by atoms with van der Waals surface area (Å²) in [7, 11) is 0. The van der Waals surface area contributed by atoms with Crippen molar-refractivity contribution in [3.63, 3.8) is 0 Å². The van der Waals surface area contributed by atoms with Gasteiger partial charge in [0.25, 0.3) is 0 Å². The maximum Gasteiger partial charge on any atom is 0.0855 e. The van der Waals surface area contributed by atoms with Gasteiger partial charge in [-0.05, 0) is 55.6 Å². The molecular formula is C11H5Br2Cl3S. The van der Waals surface area contributed by atoms with Crippen LogP contribution >= 0.6 is 78.0 Å². The highest BCUT2D eigenvalue weighted by Gasteiger charge is 2.17. The molecule has 1 aromatic carbocycles. The fourth-order valence-electron chi connectivity index (χ4n) is 1.38. The van der Waals surface area contributed by atoms with Gasteiger partial charge in [-0.3, -0.25) is 0 Å². The minimum Gasteiger partial charge on any atom is -0.121 e. The van der Waals surface area contributed by atoms with Crippen LogP contribution in [0.1, 0.15) is 16.5 Å². The Morgan fingerprint density at radius 2 is 1.76 bits per heavy atom. The normalized spacial score (nSPS) is 12.8. The van der Waals surface area contributed by atoms with Crippen molar-refractivity contribution in [2.75, 3.05) is 0 Å². The summed E-state index contributed by atoms with van der Waals surface area (Å²) in [6.07, 6.45) is 0. The number of thiophene rings is 1. The highest BCUT2D eigenvalue weighted by atomic mass is 79.9. The predicted molar refractivity (Wildman–Crippen MR) is 83.9 cm³/mol. The second-order valence-corrected chi connectivity index (χ2v) is 8.32. The Morgan fingerprint density at radius 3 is 2.29 bits per heavy atom. The second-order valence-electron chi connectivity index (χ2n) is 3.32. The van der Waals surface area contributed by atoms with Crippen molar-refractivity contribution in [2.24, 2.45) is 0 Å². The largest absolute Gasteiger partial charge is 0.121 e. The number of alkyl halides is 1. The standard InChI is InChI=1S/C11H5Br2Cl3S/c12-9-4-6(11(13)17-9)10(16)5-1-2-7(14)8(15)3-5/h1-4,10H. The summed E-state index contributed by atoms with van der Waals surface area (Å²) in [5.74, 6) is 0. The van der Waals surface area contributed by atoms with Gasteiger partial charge in [0.2, 0.25) is 0 Å². The quantitative estimate of drug-likeness (QED) is 0.450. The smallest absolute Gasteiger partial charge is 0.0855 e. The molecule has 0 aliphatic rings. The lowest BCUT2D eigenvalue weighted by Crippen LogP contribution is -1.92. The summed E-state index contributed by atoms with van der Waals surface area (Å²) in [5.41, 5.74) is 1.94. The molecule has 0 aliphatic heterocycles. The lowest BCUT2D eigenvalue weighted by Gasteiger charge is -2.10. The Balaban J connectivity index is 2.40. The van der Waals surface area contributed by atoms with E-state index in [9.17, 15) is 0 Å². The molecule has 0 amide bonds. The Labute approximate surface area is 135 Å². The number of halogens is 5. The van der Waals surface area contributed by atoms with E-state index < -0.39 is 0 Å². The van der Waals surface area contributed by atoms with Gasteiger partial charge in [0.05, 0.1) is 23.0 Å². The lowest BCUT2D eigenvalue weighted by molar-refractivity contribution is 1.15. The number of hydrogen-bond acceptors (Lipinski definition) is 1. The van der Waals surface area contributed by atoms with Crippen LogP contribution < -0.4 is 0 Å². The molecule has 0 spiro atoms. The van der Waals surface area contributed by atoms with Gasteiger partial charge in [0.15, 0.2) is 0 Å². The molecule has 2 rings (SSSR count). The van der Waals surface area contributed by atoms with Gasteiger partial charge in [0.1, 0.15) is 0 Å². The van der Waals surface area contributed by atoms with Gasteiger partial charge in [-0.25, -0.2) is 0 Å². The van der Waals surface area contributed by atoms with Crippen LogP contribution in [-0.2, 0) is 0 Å². The third kappa shape index (κ3) is 3.20. The van der Waals surface area contributed by atoms with E-state index in [1.54, 1.807) is 23.5 Å². The Hall–Kier alpha value is 0.750. The van der Waals surface area contributed by atoms with Crippen LogP contribution in [0.4, 0.5) is 0 Å². The molecule has 0 nitrogen and oxygen atoms in total. The summed E-state index contributed by atoms with van der Waals surface area (Å²) < 4.78 is 2.04. The summed E-state index contributed by atoms with van der Waals surface area (Å²) in [6, 6.07) is 7.42. The average molecular weight is 435 g/mol. The van der Waals surface area contributed by atoms with Crippen LogP contribution in [-0.4, -0.2) is 0 Å². The fraction of sp³-hybridized carbons (Fsp3) is 0.0909. The van der Waals surface area contributed by atoms with Crippen LogP contribution in [0.25, 0.3) is 0 Å². The first-order chi connectivity index (χ1) is 7.99. The lowest BCUT2D eigenvalue weighted by atomic mass is 10.1. The van der Waals surface area contributed by atoms with Gasteiger partial charge in [-0.2, -0.15) is 0 Å². The predicted octanol–water partition coefficient (Wildman–Crippen LogP) is 6.91. The average Bonchev–Trinajstić information content (AvgIpc) is 2.61. The van der Waals surface area contributed by atoms with E-state index in [1.165, 1.54) is 0 Å². The summed E-state index contributed by atoms with van der Waals surface area (Å²) in [5, 5.41) is 0.798. The van der Waals surface area contributed by atoms with E-state index in [4.69, 9.17) is 34.8 Å². The Kier molecular flexibility index (Phi) is 4.84. The van der Waals surface area contributed by atoms with Gasteiger partial charge in [-0.1, -0.05) is 29.3 Å². The number of hydrogen-bond donors (Lipinski definition) is 0. The molecule has 1 unspecified atom stereocenters. The second kappa shape index (κ2) is 5.81. The minimum absolute atomic E-state index is 0.248. The van der Waals surface area contributed by atoms with E-state index in [2.05, 4.69) is 31.9 Å². The molecular weight excluding hydrogens is 430 g/mol. The zero-order valence-electron chi connectivity index (χ0n) is 8.18. The third-order valence-electron chi connectivity index (χ3n) is 2.19. The molecule has 0 radical (unpaired) electrons. The molecule has 0 saturated heterocycles. The van der Waals surface area contributed by atoms with Crippen LogP contribution in [0.5, 0.6) is 0 Å². The third-order valence-corrected chi connectivity index (χ3v) is 5.80. The van der Waals surface area contributed by atoms with Gasteiger partial charge >= 0.3 is 0 Å². The van der Waals surface area contributed by atoms with E-state index in [0.29, 0.717) is 10.0 Å². The molecule has 0 saturated carbocycles. The van der Waals surface area contributed by atoms with Crippen LogP contribution in [0.3, 0.4) is 0 Å². The minimum atomic E-state index is -0.248. The molecule has 0 bridgehead atoms. The van der Waals surface area contributed by atoms with Gasteiger partial charge in [-0.15, -0.1) is 22.9 Å². The first-order valence-electron chi connectivity index (χ1n) is 4.53. The van der Waals surface area contributed by atoms with Crippen LogP contribution in [0.2, 0.25) is 10.0 Å². The molecule has 90 valence electrons. The van der Waals surface area contributed by atoms with Crippen LogP contribution in [0.15, 0.2) is 31.8 Å². The molecule has 2 aromatic rings. The Morgan fingerprint density at radius 1 is 1.06 bits per heavy atom. The van der Waals surface area contributed by atoms with Crippen molar-refractivity contribution in [1.29, 1.82) is 0 Å². The zero-order valence-corrected chi connectivity index (χ0v) is 14.4. The molecule has 0 fully saturated rings. The first-order valence-corrected chi connectivity index (χ1v) is 8.12. The number of rotatable bonds is 2. The summed E-state index contributed by atoms with van der Waals surface area (Å²) >= 11 is 26.8. The molecule has 17 heavy (non-hydrogen) atoms. The van der Waals surface area contributed by atoms with Crippen LogP contribution in [0, 0.1) is 0 Å². The van der Waals surface area contributed by atoms with Crippen molar-refractivity contribution >= 4 is 78.0 Å². The molecule has 1 atom stereocenters.